The van der Waals surface area contributed by atoms with E-state index < -0.39 is 12.0 Å². The Morgan fingerprint density at radius 2 is 2.06 bits per heavy atom. The van der Waals surface area contributed by atoms with Crippen LogP contribution in [0.25, 0.3) is 16.8 Å². The van der Waals surface area contributed by atoms with Crippen LogP contribution in [0.5, 0.6) is 5.75 Å². The van der Waals surface area contributed by atoms with Gasteiger partial charge in [0.25, 0.3) is 5.56 Å². The molecule has 4 aromatic rings. The number of aromatic nitrogens is 1. The first kappa shape index (κ1) is 23.8. The number of esters is 1. The largest absolute Gasteiger partial charge is 0.480 e. The molecular formula is C28H22N2O4S2. The van der Waals surface area contributed by atoms with Gasteiger partial charge in [-0.3, -0.25) is 9.36 Å². The Morgan fingerprint density at radius 3 is 2.81 bits per heavy atom. The van der Waals surface area contributed by atoms with Gasteiger partial charge in [-0.05, 0) is 48.2 Å². The van der Waals surface area contributed by atoms with Crippen LogP contribution in [0.1, 0.15) is 30.3 Å². The van der Waals surface area contributed by atoms with E-state index in [9.17, 15) is 9.59 Å². The van der Waals surface area contributed by atoms with Gasteiger partial charge in [0.05, 0.1) is 22.4 Å². The topological polar surface area (TPSA) is 69.9 Å². The Bertz CT molecular complexity index is 1720. The molecule has 1 aliphatic rings. The highest BCUT2D eigenvalue weighted by molar-refractivity contribution is 7.10. The minimum Gasteiger partial charge on any atom is -0.480 e. The molecule has 6 nitrogen and oxygen atoms in total. The molecule has 180 valence electrons. The van der Waals surface area contributed by atoms with Crippen LogP contribution in [0.3, 0.4) is 0 Å². The Labute approximate surface area is 215 Å². The molecule has 0 fully saturated rings. The molecule has 1 atom stereocenters. The maximum atomic E-state index is 13.9. The summed E-state index contributed by atoms with van der Waals surface area (Å²) in [7, 11) is 0. The van der Waals surface area contributed by atoms with Gasteiger partial charge in [-0.1, -0.05) is 53.7 Å². The van der Waals surface area contributed by atoms with Crippen LogP contribution >= 0.6 is 22.7 Å². The predicted molar refractivity (Wildman–Crippen MR) is 143 cm³/mol. The van der Waals surface area contributed by atoms with E-state index in [1.54, 1.807) is 18.4 Å². The van der Waals surface area contributed by atoms with Crippen LogP contribution in [-0.2, 0) is 9.53 Å². The van der Waals surface area contributed by atoms with Crippen molar-refractivity contribution in [1.29, 1.82) is 0 Å². The van der Waals surface area contributed by atoms with Gasteiger partial charge in [-0.2, -0.15) is 0 Å². The Morgan fingerprint density at radius 1 is 1.22 bits per heavy atom. The van der Waals surface area contributed by atoms with Crippen molar-refractivity contribution >= 4 is 45.5 Å². The number of terminal acetylenes is 1. The van der Waals surface area contributed by atoms with Crippen LogP contribution in [0, 0.1) is 12.3 Å². The first-order valence-electron chi connectivity index (χ1n) is 11.3. The molecule has 0 saturated carbocycles. The number of ether oxygens (including phenoxy) is 2. The standard InChI is InChI=1S/C28H22N2O4S2/c1-4-14-34-21-13-12-18-9-6-7-10-19(18)20(21)16-23-26(31)30-25(22-11-8-15-35-22)24(27(32)33-5-2)17(3)29-28(30)36-23/h1,6-13,15-16,25H,5,14H2,2-3H3/t25-/m1/s1. The summed E-state index contributed by atoms with van der Waals surface area (Å²) in [6.07, 6.45) is 7.25. The van der Waals surface area contributed by atoms with Crippen LogP contribution in [0.2, 0.25) is 0 Å². The molecule has 0 aliphatic carbocycles. The molecule has 0 radical (unpaired) electrons. The molecule has 5 rings (SSSR count). The number of benzene rings is 2. The Balaban J connectivity index is 1.76. The second kappa shape index (κ2) is 9.97. The van der Waals surface area contributed by atoms with Crippen molar-refractivity contribution in [3.05, 3.63) is 95.3 Å². The van der Waals surface area contributed by atoms with Gasteiger partial charge >= 0.3 is 5.97 Å². The lowest BCUT2D eigenvalue weighted by Gasteiger charge is -2.23. The molecule has 3 heterocycles. The highest BCUT2D eigenvalue weighted by atomic mass is 32.1. The molecule has 36 heavy (non-hydrogen) atoms. The fourth-order valence-electron chi connectivity index (χ4n) is 4.31. The number of carbonyl (C=O) groups excluding carboxylic acids is 1. The van der Waals surface area contributed by atoms with Crippen LogP contribution in [0.4, 0.5) is 0 Å². The molecule has 2 aromatic carbocycles. The number of rotatable bonds is 6. The van der Waals surface area contributed by atoms with Crippen molar-refractivity contribution < 1.29 is 14.3 Å². The Kier molecular flexibility index (Phi) is 6.59. The summed E-state index contributed by atoms with van der Waals surface area (Å²) in [5.41, 5.74) is 1.45. The average molecular weight is 515 g/mol. The van der Waals surface area contributed by atoms with Crippen LogP contribution in [0.15, 0.2) is 75.0 Å². The van der Waals surface area contributed by atoms with Gasteiger partial charge in [0.15, 0.2) is 4.80 Å². The first-order valence-corrected chi connectivity index (χ1v) is 13.0. The van der Waals surface area contributed by atoms with Gasteiger partial charge in [0.2, 0.25) is 0 Å². The predicted octanol–water partition coefficient (Wildman–Crippen LogP) is 4.03. The zero-order chi connectivity index (χ0) is 25.2. The maximum absolute atomic E-state index is 13.9. The highest BCUT2D eigenvalue weighted by Crippen LogP contribution is 2.33. The van der Waals surface area contributed by atoms with Crippen LogP contribution < -0.4 is 19.6 Å². The van der Waals surface area contributed by atoms with Crippen molar-refractivity contribution in [3.63, 3.8) is 0 Å². The van der Waals surface area contributed by atoms with Gasteiger partial charge in [-0.25, -0.2) is 9.79 Å². The van der Waals surface area contributed by atoms with Crippen molar-refractivity contribution in [2.75, 3.05) is 13.2 Å². The fourth-order valence-corrected chi connectivity index (χ4v) is 6.16. The second-order valence-electron chi connectivity index (χ2n) is 8.01. The smallest absolute Gasteiger partial charge is 0.338 e. The van der Waals surface area contributed by atoms with E-state index in [1.165, 1.54) is 22.7 Å². The third kappa shape index (κ3) is 4.17. The quantitative estimate of drug-likeness (QED) is 0.288. The van der Waals surface area contributed by atoms with Crippen LogP contribution in [-0.4, -0.2) is 23.8 Å². The summed E-state index contributed by atoms with van der Waals surface area (Å²) in [4.78, 5) is 32.8. The Hall–Kier alpha value is -3.93. The lowest BCUT2D eigenvalue weighted by molar-refractivity contribution is -0.139. The van der Waals surface area contributed by atoms with E-state index in [-0.39, 0.29) is 18.8 Å². The van der Waals surface area contributed by atoms with Crippen molar-refractivity contribution in [2.24, 2.45) is 4.99 Å². The molecule has 0 N–H and O–H groups in total. The zero-order valence-electron chi connectivity index (χ0n) is 19.7. The van der Waals surface area contributed by atoms with E-state index in [0.29, 0.717) is 26.4 Å². The summed E-state index contributed by atoms with van der Waals surface area (Å²) >= 11 is 2.76. The lowest BCUT2D eigenvalue weighted by Crippen LogP contribution is -2.39. The molecule has 2 aromatic heterocycles. The fraction of sp³-hybridized carbons (Fsp3) is 0.179. The van der Waals surface area contributed by atoms with Crippen molar-refractivity contribution in [1.82, 2.24) is 4.57 Å². The maximum Gasteiger partial charge on any atom is 0.338 e. The summed E-state index contributed by atoms with van der Waals surface area (Å²) in [6, 6.07) is 14.9. The minimum absolute atomic E-state index is 0.112. The van der Waals surface area contributed by atoms with Gasteiger partial charge in [0.1, 0.15) is 18.4 Å². The van der Waals surface area contributed by atoms with E-state index in [1.807, 2.05) is 60.0 Å². The number of thiazole rings is 1. The molecule has 0 unspecified atom stereocenters. The van der Waals surface area contributed by atoms with E-state index in [4.69, 9.17) is 15.9 Å². The molecule has 0 amide bonds. The molecule has 1 aliphatic heterocycles. The highest BCUT2D eigenvalue weighted by Gasteiger charge is 2.33. The number of fused-ring (bicyclic) bond motifs is 2. The molecule has 8 heteroatoms. The monoisotopic (exact) mass is 514 g/mol. The summed E-state index contributed by atoms with van der Waals surface area (Å²) < 4.78 is 13.2. The number of allylic oxidation sites excluding steroid dienone is 1. The number of hydrogen-bond donors (Lipinski definition) is 0. The molecular weight excluding hydrogens is 492 g/mol. The summed E-state index contributed by atoms with van der Waals surface area (Å²) in [5, 5.41) is 3.88. The van der Waals surface area contributed by atoms with E-state index in [0.717, 1.165) is 21.2 Å². The van der Waals surface area contributed by atoms with Crippen molar-refractivity contribution in [3.8, 4) is 18.1 Å². The number of thiophene rings is 1. The molecule has 0 spiro atoms. The summed E-state index contributed by atoms with van der Waals surface area (Å²) in [6.45, 7) is 3.88. The minimum atomic E-state index is -0.605. The molecule has 0 saturated heterocycles. The SMILES string of the molecule is C#CCOc1ccc2ccccc2c1C=c1sc2n(c1=O)[C@H](c1cccs1)C(C(=O)OCC)=C(C)N=2. The average Bonchev–Trinajstić information content (AvgIpc) is 3.51. The van der Waals surface area contributed by atoms with Gasteiger partial charge in [0, 0.05) is 10.4 Å². The third-order valence-corrected chi connectivity index (χ3v) is 7.75. The number of carbonyl (C=O) groups is 1. The van der Waals surface area contributed by atoms with Gasteiger partial charge in [-0.15, -0.1) is 17.8 Å². The number of nitrogens with zero attached hydrogens (tertiary/aromatic N) is 2. The van der Waals surface area contributed by atoms with E-state index >= 15 is 0 Å². The normalized spacial score (nSPS) is 15.4. The van der Waals surface area contributed by atoms with Crippen molar-refractivity contribution in [2.45, 2.75) is 19.9 Å². The zero-order valence-corrected chi connectivity index (χ0v) is 21.3. The van der Waals surface area contributed by atoms with Gasteiger partial charge < -0.3 is 9.47 Å². The lowest BCUT2D eigenvalue weighted by atomic mass is 10.0. The third-order valence-electron chi connectivity index (χ3n) is 5.85. The second-order valence-corrected chi connectivity index (χ2v) is 10.00. The van der Waals surface area contributed by atoms with E-state index in [2.05, 4.69) is 10.9 Å². The first-order chi connectivity index (χ1) is 17.5. The summed E-state index contributed by atoms with van der Waals surface area (Å²) in [5.74, 6) is 2.62. The molecule has 0 bridgehead atoms. The number of hydrogen-bond acceptors (Lipinski definition) is 7.